The summed E-state index contributed by atoms with van der Waals surface area (Å²) in [6.07, 6.45) is 7.79. The Balaban J connectivity index is 1.68. The fraction of sp³-hybridized carbons (Fsp3) is 0.500. The molecule has 0 aromatic heterocycles. The molecule has 1 aliphatic rings. The van der Waals surface area contributed by atoms with Gasteiger partial charge >= 0.3 is 0 Å². The maximum Gasteiger partial charge on any atom is 0.254 e. The number of methoxy groups -OCH3 is 1. The molecule has 0 unspecified atom stereocenters. The molecule has 0 bridgehead atoms. The van der Waals surface area contributed by atoms with Gasteiger partial charge in [0.25, 0.3) is 5.91 Å². The Bertz CT molecular complexity index is 465. The molecule has 1 fully saturated rings. The van der Waals surface area contributed by atoms with Crippen LogP contribution in [0.1, 0.15) is 37.7 Å². The van der Waals surface area contributed by atoms with Gasteiger partial charge in [0.1, 0.15) is 5.75 Å². The Morgan fingerprint density at radius 1 is 1.29 bits per heavy atom. The first-order valence-corrected chi connectivity index (χ1v) is 7.47. The number of nitrogens with one attached hydrogen (secondary N) is 2. The Morgan fingerprint density at radius 3 is 2.67 bits per heavy atom. The first-order chi connectivity index (χ1) is 10.3. The molecule has 2 rings (SSSR count). The number of ether oxygens (including phenoxy) is 1. The Kier molecular flexibility index (Phi) is 6.22. The van der Waals surface area contributed by atoms with Gasteiger partial charge < -0.3 is 10.1 Å². The van der Waals surface area contributed by atoms with Crippen LogP contribution in [0.5, 0.6) is 5.75 Å². The lowest BCUT2D eigenvalue weighted by molar-refractivity contribution is -0.120. The van der Waals surface area contributed by atoms with Crippen molar-refractivity contribution in [2.45, 2.75) is 38.1 Å². The number of hydrogen-bond acceptors (Lipinski definition) is 4. The molecular weight excluding hydrogens is 266 g/mol. The molecule has 21 heavy (non-hydrogen) atoms. The van der Waals surface area contributed by atoms with Crippen molar-refractivity contribution < 1.29 is 9.53 Å². The molecule has 1 amide bonds. The third kappa shape index (κ3) is 5.55. The van der Waals surface area contributed by atoms with Gasteiger partial charge in [0.05, 0.1) is 19.9 Å². The number of amides is 1. The second-order valence-electron chi connectivity index (χ2n) is 5.28. The quantitative estimate of drug-likeness (QED) is 0.622. The lowest BCUT2D eigenvalue weighted by atomic mass is 9.95. The highest BCUT2D eigenvalue weighted by atomic mass is 16.5. The minimum absolute atomic E-state index is 0.106. The van der Waals surface area contributed by atoms with Gasteiger partial charge in [-0.2, -0.15) is 5.10 Å². The molecule has 0 atom stereocenters. The van der Waals surface area contributed by atoms with E-state index in [1.165, 1.54) is 32.1 Å². The number of hydrazone groups is 1. The van der Waals surface area contributed by atoms with Gasteiger partial charge in [0.2, 0.25) is 0 Å². The lowest BCUT2D eigenvalue weighted by Gasteiger charge is -2.22. The Labute approximate surface area is 125 Å². The van der Waals surface area contributed by atoms with Crippen molar-refractivity contribution in [3.8, 4) is 5.75 Å². The monoisotopic (exact) mass is 289 g/mol. The van der Waals surface area contributed by atoms with Crippen LogP contribution in [0.25, 0.3) is 0 Å². The maximum absolute atomic E-state index is 11.7. The zero-order valence-electron chi connectivity index (χ0n) is 12.5. The number of benzene rings is 1. The van der Waals surface area contributed by atoms with Crippen molar-refractivity contribution in [3.05, 3.63) is 29.8 Å². The van der Waals surface area contributed by atoms with E-state index in [2.05, 4.69) is 15.8 Å². The van der Waals surface area contributed by atoms with Crippen molar-refractivity contribution in [2.75, 3.05) is 13.7 Å². The minimum atomic E-state index is -0.106. The van der Waals surface area contributed by atoms with Gasteiger partial charge in [-0.15, -0.1) is 0 Å². The van der Waals surface area contributed by atoms with E-state index in [1.54, 1.807) is 13.3 Å². The number of carbonyl (C=O) groups excluding carboxylic acids is 1. The van der Waals surface area contributed by atoms with Crippen molar-refractivity contribution in [3.63, 3.8) is 0 Å². The zero-order valence-corrected chi connectivity index (χ0v) is 12.5. The van der Waals surface area contributed by atoms with Gasteiger partial charge in [0.15, 0.2) is 0 Å². The molecule has 0 saturated heterocycles. The van der Waals surface area contributed by atoms with Crippen LogP contribution in [0.4, 0.5) is 0 Å². The number of nitrogens with zero attached hydrogens (tertiary/aromatic N) is 1. The number of rotatable bonds is 6. The third-order valence-corrected chi connectivity index (χ3v) is 3.68. The van der Waals surface area contributed by atoms with Crippen molar-refractivity contribution in [1.82, 2.24) is 10.7 Å². The second kappa shape index (κ2) is 8.42. The molecule has 1 saturated carbocycles. The van der Waals surface area contributed by atoms with Gasteiger partial charge in [0, 0.05) is 6.04 Å². The van der Waals surface area contributed by atoms with Crippen molar-refractivity contribution in [2.24, 2.45) is 5.10 Å². The average molecular weight is 289 g/mol. The van der Waals surface area contributed by atoms with Gasteiger partial charge in [-0.25, -0.2) is 5.43 Å². The molecule has 0 spiro atoms. The predicted molar refractivity (Wildman–Crippen MR) is 83.6 cm³/mol. The second-order valence-corrected chi connectivity index (χ2v) is 5.28. The standard InChI is InChI=1S/C16H23N3O2/c1-21-15-9-7-13(8-10-15)11-18-19-16(20)12-17-14-5-3-2-4-6-14/h7-11,14,17H,2-6,12H2,1H3,(H,19,20)/b18-11-. The molecule has 0 heterocycles. The topological polar surface area (TPSA) is 62.7 Å². The van der Waals surface area contributed by atoms with Gasteiger partial charge in [-0.3, -0.25) is 4.79 Å². The highest BCUT2D eigenvalue weighted by molar-refractivity contribution is 5.83. The smallest absolute Gasteiger partial charge is 0.254 e. The summed E-state index contributed by atoms with van der Waals surface area (Å²) < 4.78 is 5.08. The Hall–Kier alpha value is -1.88. The summed E-state index contributed by atoms with van der Waals surface area (Å²) in [4.78, 5) is 11.7. The fourth-order valence-corrected chi connectivity index (χ4v) is 2.45. The van der Waals surface area contributed by atoms with Crippen LogP contribution in [0.15, 0.2) is 29.4 Å². The van der Waals surface area contributed by atoms with Crippen LogP contribution in [0.3, 0.4) is 0 Å². The van der Waals surface area contributed by atoms with E-state index in [1.807, 2.05) is 24.3 Å². The highest BCUT2D eigenvalue weighted by Gasteiger charge is 2.13. The molecular formula is C16H23N3O2. The Morgan fingerprint density at radius 2 is 2.00 bits per heavy atom. The summed E-state index contributed by atoms with van der Waals surface area (Å²) in [6, 6.07) is 7.96. The maximum atomic E-state index is 11.7. The summed E-state index contributed by atoms with van der Waals surface area (Å²) in [7, 11) is 1.63. The number of hydrogen-bond donors (Lipinski definition) is 2. The predicted octanol–water partition coefficient (Wildman–Crippen LogP) is 2.07. The highest BCUT2D eigenvalue weighted by Crippen LogP contribution is 2.16. The lowest BCUT2D eigenvalue weighted by Crippen LogP contribution is -2.38. The van der Waals surface area contributed by atoms with Gasteiger partial charge in [-0.05, 0) is 42.7 Å². The van der Waals surface area contributed by atoms with Crippen molar-refractivity contribution in [1.29, 1.82) is 0 Å². The van der Waals surface area contributed by atoms with Gasteiger partial charge in [-0.1, -0.05) is 19.3 Å². The van der Waals surface area contributed by atoms with Crippen LogP contribution in [-0.2, 0) is 4.79 Å². The van der Waals surface area contributed by atoms with E-state index in [0.717, 1.165) is 11.3 Å². The van der Waals surface area contributed by atoms with Crippen LogP contribution in [0, 0.1) is 0 Å². The van der Waals surface area contributed by atoms with Crippen LogP contribution in [-0.4, -0.2) is 31.8 Å². The first kappa shape index (κ1) is 15.5. The largest absolute Gasteiger partial charge is 0.497 e. The third-order valence-electron chi connectivity index (χ3n) is 3.68. The molecule has 5 nitrogen and oxygen atoms in total. The van der Waals surface area contributed by atoms with E-state index in [-0.39, 0.29) is 5.91 Å². The molecule has 0 radical (unpaired) electrons. The van der Waals surface area contributed by atoms with Crippen LogP contribution < -0.4 is 15.5 Å². The zero-order chi connectivity index (χ0) is 14.9. The van der Waals surface area contributed by atoms with Crippen LogP contribution in [0.2, 0.25) is 0 Å². The SMILES string of the molecule is COc1ccc(/C=N\NC(=O)CNC2CCCCC2)cc1. The first-order valence-electron chi connectivity index (χ1n) is 7.47. The molecule has 0 aliphatic heterocycles. The summed E-state index contributed by atoms with van der Waals surface area (Å²) in [6.45, 7) is 0.324. The minimum Gasteiger partial charge on any atom is -0.497 e. The normalized spacial score (nSPS) is 16.0. The number of carbonyl (C=O) groups is 1. The summed E-state index contributed by atoms with van der Waals surface area (Å²) in [5.41, 5.74) is 3.45. The van der Waals surface area contributed by atoms with E-state index >= 15 is 0 Å². The van der Waals surface area contributed by atoms with E-state index in [9.17, 15) is 4.79 Å². The van der Waals surface area contributed by atoms with E-state index in [4.69, 9.17) is 4.74 Å². The summed E-state index contributed by atoms with van der Waals surface area (Å²) in [5.74, 6) is 0.693. The average Bonchev–Trinajstić information content (AvgIpc) is 2.54. The molecule has 1 aromatic rings. The molecule has 1 aliphatic carbocycles. The summed E-state index contributed by atoms with van der Waals surface area (Å²) in [5, 5.41) is 7.24. The summed E-state index contributed by atoms with van der Waals surface area (Å²) >= 11 is 0. The fourth-order valence-electron chi connectivity index (χ4n) is 2.45. The molecule has 5 heteroatoms. The van der Waals surface area contributed by atoms with E-state index in [0.29, 0.717) is 12.6 Å². The molecule has 2 N–H and O–H groups in total. The van der Waals surface area contributed by atoms with E-state index < -0.39 is 0 Å². The molecule has 114 valence electrons. The van der Waals surface area contributed by atoms with Crippen molar-refractivity contribution >= 4 is 12.1 Å². The molecule has 1 aromatic carbocycles. The van der Waals surface area contributed by atoms with Crippen LogP contribution >= 0.6 is 0 Å².